The number of anilines is 1. The van der Waals surface area contributed by atoms with Crippen LogP contribution in [0.3, 0.4) is 0 Å². The maximum atomic E-state index is 14.9. The van der Waals surface area contributed by atoms with E-state index in [2.05, 4.69) is 4.99 Å². The van der Waals surface area contributed by atoms with Crippen LogP contribution in [0.15, 0.2) is 57.9 Å². The van der Waals surface area contributed by atoms with E-state index in [-0.39, 0.29) is 33.7 Å². The van der Waals surface area contributed by atoms with Gasteiger partial charge < -0.3 is 9.30 Å². The van der Waals surface area contributed by atoms with E-state index < -0.39 is 33.7 Å². The molecule has 2 heterocycles. The molecule has 36 heavy (non-hydrogen) atoms. The molecule has 1 N–H and O–H groups in total. The number of aryl methyl sites for hydroxylation is 1. The zero-order valence-corrected chi connectivity index (χ0v) is 20.0. The Labute approximate surface area is 204 Å². The molecule has 1 aliphatic carbocycles. The maximum Gasteiger partial charge on any atom is 0.404 e. The molecule has 7 nitrogen and oxygen atoms in total. The van der Waals surface area contributed by atoms with Gasteiger partial charge in [0.15, 0.2) is 5.75 Å². The highest BCUT2D eigenvalue weighted by Crippen LogP contribution is 2.36. The van der Waals surface area contributed by atoms with Gasteiger partial charge in [-0.05, 0) is 30.7 Å². The van der Waals surface area contributed by atoms with Crippen molar-refractivity contribution in [3.63, 3.8) is 0 Å². The van der Waals surface area contributed by atoms with Crippen molar-refractivity contribution < 1.29 is 30.7 Å². The van der Waals surface area contributed by atoms with Gasteiger partial charge in [-0.1, -0.05) is 19.1 Å². The molecule has 190 valence electrons. The fourth-order valence-corrected chi connectivity index (χ4v) is 4.88. The van der Waals surface area contributed by atoms with E-state index in [9.17, 15) is 30.8 Å². The number of allylic oxidation sites excluding steroid dienone is 3. The van der Waals surface area contributed by atoms with Crippen LogP contribution in [0.25, 0.3) is 17.2 Å². The first-order chi connectivity index (χ1) is 16.9. The summed E-state index contributed by atoms with van der Waals surface area (Å²) < 4.78 is 86.2. The SMILES string of the molecule is CCC1C=C[CH]C(Oc2ccc(NS(=O)(=O)CC(F)(F)F)cc2-c2cn(C)c(=O)c3c2=C[CH]N=3)=C1F. The van der Waals surface area contributed by atoms with E-state index in [1.54, 1.807) is 18.2 Å². The average Bonchev–Trinajstić information content (AvgIpc) is 3.27. The van der Waals surface area contributed by atoms with Gasteiger partial charge in [-0.15, -0.1) is 0 Å². The summed E-state index contributed by atoms with van der Waals surface area (Å²) in [4.78, 5) is 16.5. The van der Waals surface area contributed by atoms with Crippen molar-refractivity contribution in [1.82, 2.24) is 4.57 Å². The van der Waals surface area contributed by atoms with Crippen LogP contribution in [0.4, 0.5) is 23.2 Å². The molecule has 12 heteroatoms. The summed E-state index contributed by atoms with van der Waals surface area (Å²) in [7, 11) is -3.28. The molecule has 0 spiro atoms. The van der Waals surface area contributed by atoms with Gasteiger partial charge in [-0.25, -0.2) is 12.8 Å². The summed E-state index contributed by atoms with van der Waals surface area (Å²) in [5, 5.41) is 0.541. The van der Waals surface area contributed by atoms with Crippen molar-refractivity contribution in [2.45, 2.75) is 19.5 Å². The van der Waals surface area contributed by atoms with Crippen LogP contribution < -0.4 is 25.6 Å². The summed E-state index contributed by atoms with van der Waals surface area (Å²) in [6, 6.07) is 3.80. The number of hydrogen-bond donors (Lipinski definition) is 1. The molecular weight excluding hydrogens is 502 g/mol. The largest absolute Gasteiger partial charge is 0.458 e. The average molecular weight is 524 g/mol. The molecular formula is C24H21F4N3O4S. The zero-order valence-electron chi connectivity index (χ0n) is 19.1. The zero-order chi connectivity index (χ0) is 26.3. The van der Waals surface area contributed by atoms with Crippen molar-refractivity contribution in [2.24, 2.45) is 18.0 Å². The molecule has 0 amide bonds. The van der Waals surface area contributed by atoms with Gasteiger partial charge in [-0.3, -0.25) is 14.5 Å². The van der Waals surface area contributed by atoms with Crippen LogP contribution in [-0.2, 0) is 17.1 Å². The molecule has 1 aromatic carbocycles. The van der Waals surface area contributed by atoms with Gasteiger partial charge in [0.05, 0.1) is 13.0 Å². The second kappa shape index (κ2) is 9.57. The number of fused-ring (bicyclic) bond motifs is 1. The predicted molar refractivity (Wildman–Crippen MR) is 126 cm³/mol. The molecule has 1 atom stereocenters. The quantitative estimate of drug-likeness (QED) is 0.564. The molecule has 1 aromatic heterocycles. The van der Waals surface area contributed by atoms with Gasteiger partial charge >= 0.3 is 6.18 Å². The Morgan fingerprint density at radius 3 is 2.67 bits per heavy atom. The molecule has 0 fully saturated rings. The standard InChI is InChI=1S/C24H21F4N3O4S/c1-3-14-5-4-6-20(21(14)25)35-19-8-7-15(30-36(33,34)13-24(26,27)28)11-17(19)18-12-31(2)23(32)22-16(18)9-10-29-22/h4-12,14,30H,3,13H2,1-2H3. The summed E-state index contributed by atoms with van der Waals surface area (Å²) in [6.45, 7) is 3.23. The normalized spacial score (nSPS) is 17.4. The number of halogens is 4. The number of sulfonamides is 1. The Morgan fingerprint density at radius 1 is 1.22 bits per heavy atom. The summed E-state index contributed by atoms with van der Waals surface area (Å²) >= 11 is 0. The Morgan fingerprint density at radius 2 is 1.97 bits per heavy atom. The Hall–Kier alpha value is -3.41. The molecule has 0 saturated heterocycles. The lowest BCUT2D eigenvalue weighted by molar-refractivity contribution is -0.106. The van der Waals surface area contributed by atoms with Crippen LogP contribution >= 0.6 is 0 Å². The smallest absolute Gasteiger partial charge is 0.404 e. The number of benzene rings is 1. The number of aromatic nitrogens is 1. The monoisotopic (exact) mass is 523 g/mol. The number of pyridine rings is 1. The van der Waals surface area contributed by atoms with Crippen molar-refractivity contribution in [2.75, 3.05) is 10.5 Å². The number of ether oxygens (including phenoxy) is 1. The van der Waals surface area contributed by atoms with Gasteiger partial charge in [0.2, 0.25) is 10.0 Å². The molecule has 1 aliphatic heterocycles. The van der Waals surface area contributed by atoms with Crippen LogP contribution in [-0.4, -0.2) is 24.9 Å². The fourth-order valence-electron chi connectivity index (χ4n) is 3.89. The Kier molecular flexibility index (Phi) is 6.82. The summed E-state index contributed by atoms with van der Waals surface area (Å²) in [6.07, 6.45) is 3.37. The van der Waals surface area contributed by atoms with Crippen molar-refractivity contribution in [1.29, 1.82) is 0 Å². The van der Waals surface area contributed by atoms with Crippen LogP contribution in [0.1, 0.15) is 13.3 Å². The third-order valence-electron chi connectivity index (χ3n) is 5.54. The molecule has 2 aromatic rings. The third kappa shape index (κ3) is 5.38. The molecule has 2 radical (unpaired) electrons. The molecule has 0 saturated carbocycles. The second-order valence-electron chi connectivity index (χ2n) is 8.23. The minimum atomic E-state index is -4.94. The molecule has 4 rings (SSSR count). The van der Waals surface area contributed by atoms with E-state index in [1.807, 2.05) is 11.6 Å². The van der Waals surface area contributed by atoms with Crippen molar-refractivity contribution in [3.05, 3.63) is 82.0 Å². The summed E-state index contributed by atoms with van der Waals surface area (Å²) in [5.41, 5.74) is 0.0491. The highest BCUT2D eigenvalue weighted by molar-refractivity contribution is 7.92. The minimum absolute atomic E-state index is 0.0577. The van der Waals surface area contributed by atoms with Gasteiger partial charge in [0.25, 0.3) is 5.56 Å². The van der Waals surface area contributed by atoms with Crippen molar-refractivity contribution in [3.8, 4) is 16.9 Å². The van der Waals surface area contributed by atoms with Crippen LogP contribution in [0, 0.1) is 18.9 Å². The van der Waals surface area contributed by atoms with Crippen LogP contribution in [0.5, 0.6) is 5.75 Å². The maximum absolute atomic E-state index is 14.9. The first-order valence-electron chi connectivity index (χ1n) is 10.8. The van der Waals surface area contributed by atoms with Gasteiger partial charge in [-0.2, -0.15) is 13.2 Å². The lowest BCUT2D eigenvalue weighted by Gasteiger charge is -2.20. The van der Waals surface area contributed by atoms with E-state index >= 15 is 0 Å². The lowest BCUT2D eigenvalue weighted by Crippen LogP contribution is -2.43. The Bertz CT molecular complexity index is 1560. The predicted octanol–water partition coefficient (Wildman–Crippen LogP) is 3.29. The van der Waals surface area contributed by atoms with Crippen LogP contribution in [0.2, 0.25) is 0 Å². The lowest BCUT2D eigenvalue weighted by atomic mass is 9.98. The number of rotatable bonds is 7. The van der Waals surface area contributed by atoms with Gasteiger partial charge in [0.1, 0.15) is 22.7 Å². The molecule has 1 unspecified atom stereocenters. The van der Waals surface area contributed by atoms with E-state index in [1.165, 1.54) is 49.0 Å². The number of alkyl halides is 3. The third-order valence-corrected chi connectivity index (χ3v) is 6.80. The second-order valence-corrected chi connectivity index (χ2v) is 9.96. The highest BCUT2D eigenvalue weighted by atomic mass is 32.2. The Balaban J connectivity index is 1.86. The first-order valence-corrected chi connectivity index (χ1v) is 12.5. The minimum Gasteiger partial charge on any atom is -0.458 e. The number of nitrogens with zero attached hydrogens (tertiary/aromatic N) is 2. The molecule has 2 aliphatic rings. The highest BCUT2D eigenvalue weighted by Gasteiger charge is 2.35. The van der Waals surface area contributed by atoms with E-state index in [4.69, 9.17) is 4.74 Å². The topological polar surface area (TPSA) is 89.8 Å². The molecule has 0 bridgehead atoms. The van der Waals surface area contributed by atoms with Crippen molar-refractivity contribution >= 4 is 21.8 Å². The number of nitrogens with one attached hydrogen (secondary N) is 1. The van der Waals surface area contributed by atoms with E-state index in [0.29, 0.717) is 17.2 Å². The number of hydrogen-bond acceptors (Lipinski definition) is 5. The summed E-state index contributed by atoms with van der Waals surface area (Å²) in [5.74, 6) is -3.01. The fraction of sp³-hybridized carbons (Fsp3) is 0.250. The first kappa shape index (κ1) is 25.7. The van der Waals surface area contributed by atoms with Gasteiger partial charge in [0, 0.05) is 41.2 Å². The van der Waals surface area contributed by atoms with E-state index in [0.717, 1.165) is 0 Å².